The van der Waals surface area contributed by atoms with E-state index in [1.54, 1.807) is 18.2 Å². The Bertz CT molecular complexity index is 464. The van der Waals surface area contributed by atoms with Crippen LogP contribution in [0.3, 0.4) is 0 Å². The van der Waals surface area contributed by atoms with Gasteiger partial charge < -0.3 is 4.90 Å². The van der Waals surface area contributed by atoms with E-state index in [9.17, 15) is 9.18 Å². The molecule has 1 aromatic carbocycles. The van der Waals surface area contributed by atoms with Gasteiger partial charge in [0.1, 0.15) is 5.82 Å². The number of benzene rings is 1. The highest BCUT2D eigenvalue weighted by atomic mass is 19.1. The summed E-state index contributed by atoms with van der Waals surface area (Å²) >= 11 is 0. The van der Waals surface area contributed by atoms with Crippen molar-refractivity contribution < 1.29 is 9.18 Å². The minimum Gasteiger partial charge on any atom is -0.306 e. The van der Waals surface area contributed by atoms with Crippen molar-refractivity contribution in [2.75, 3.05) is 40.3 Å². The predicted octanol–water partition coefficient (Wildman–Crippen LogP) is 1.82. The summed E-state index contributed by atoms with van der Waals surface area (Å²) in [7, 11) is 4.10. The molecule has 1 aliphatic rings. The van der Waals surface area contributed by atoms with E-state index in [0.29, 0.717) is 18.0 Å². The predicted molar refractivity (Wildman–Crippen MR) is 78.2 cm³/mol. The van der Waals surface area contributed by atoms with Gasteiger partial charge in [-0.05, 0) is 44.6 Å². The second-order valence-electron chi connectivity index (χ2n) is 5.92. The van der Waals surface area contributed by atoms with Crippen LogP contribution in [-0.2, 0) is 11.2 Å². The lowest BCUT2D eigenvalue weighted by Gasteiger charge is -2.20. The Hall–Kier alpha value is -1.26. The fourth-order valence-corrected chi connectivity index (χ4v) is 2.89. The van der Waals surface area contributed by atoms with Crippen LogP contribution in [0.2, 0.25) is 0 Å². The summed E-state index contributed by atoms with van der Waals surface area (Å²) in [5.41, 5.74) is 0.492. The van der Waals surface area contributed by atoms with Crippen LogP contribution in [0.1, 0.15) is 12.0 Å². The summed E-state index contributed by atoms with van der Waals surface area (Å²) in [6.07, 6.45) is 1.38. The van der Waals surface area contributed by atoms with Gasteiger partial charge in [0.25, 0.3) is 0 Å². The molecular formula is C16H23FN2O. The summed E-state index contributed by atoms with van der Waals surface area (Å²) in [4.78, 5) is 16.4. The van der Waals surface area contributed by atoms with Crippen molar-refractivity contribution in [1.29, 1.82) is 0 Å². The maximum absolute atomic E-state index is 13.5. The minimum absolute atomic E-state index is 0.0731. The van der Waals surface area contributed by atoms with Gasteiger partial charge >= 0.3 is 0 Å². The zero-order valence-electron chi connectivity index (χ0n) is 12.3. The highest BCUT2D eigenvalue weighted by Gasteiger charge is 2.21. The molecule has 0 N–H and O–H groups in total. The molecule has 1 unspecified atom stereocenters. The Balaban J connectivity index is 1.78. The SMILES string of the molecule is CN1CCC(CN(C)CC(=O)Cc2ccccc2F)C1. The van der Waals surface area contributed by atoms with Crippen molar-refractivity contribution >= 4 is 5.78 Å². The first-order valence-corrected chi connectivity index (χ1v) is 7.17. The Kier molecular flexibility index (Phi) is 5.26. The lowest BCUT2D eigenvalue weighted by Crippen LogP contribution is -2.32. The number of hydrogen-bond donors (Lipinski definition) is 0. The molecule has 3 nitrogen and oxygen atoms in total. The van der Waals surface area contributed by atoms with Gasteiger partial charge in [-0.2, -0.15) is 0 Å². The summed E-state index contributed by atoms with van der Waals surface area (Å²) in [6.45, 7) is 3.58. The van der Waals surface area contributed by atoms with Crippen molar-refractivity contribution in [2.24, 2.45) is 5.92 Å². The lowest BCUT2D eigenvalue weighted by molar-refractivity contribution is -0.119. The van der Waals surface area contributed by atoms with E-state index < -0.39 is 0 Å². The normalized spacial score (nSPS) is 19.7. The summed E-state index contributed by atoms with van der Waals surface area (Å²) in [5, 5.41) is 0. The Morgan fingerprint density at radius 1 is 1.45 bits per heavy atom. The summed E-state index contributed by atoms with van der Waals surface area (Å²) < 4.78 is 13.5. The van der Waals surface area contributed by atoms with Gasteiger partial charge in [-0.25, -0.2) is 4.39 Å². The van der Waals surface area contributed by atoms with Crippen LogP contribution in [-0.4, -0.2) is 55.9 Å². The molecule has 110 valence electrons. The molecule has 4 heteroatoms. The fourth-order valence-electron chi connectivity index (χ4n) is 2.89. The molecule has 1 atom stereocenters. The highest BCUT2D eigenvalue weighted by Crippen LogP contribution is 2.15. The average Bonchev–Trinajstić information content (AvgIpc) is 2.77. The molecule has 0 spiro atoms. The molecule has 20 heavy (non-hydrogen) atoms. The third-order valence-corrected chi connectivity index (χ3v) is 3.85. The number of likely N-dealkylation sites (tertiary alicyclic amines) is 1. The van der Waals surface area contributed by atoms with Crippen LogP contribution in [0.15, 0.2) is 24.3 Å². The Labute approximate surface area is 120 Å². The first-order chi connectivity index (χ1) is 9.54. The van der Waals surface area contributed by atoms with Crippen LogP contribution < -0.4 is 0 Å². The monoisotopic (exact) mass is 278 g/mol. The standard InChI is InChI=1S/C16H23FN2O/c1-18-8-7-13(10-18)11-19(2)12-15(20)9-14-5-3-4-6-16(14)17/h3-6,13H,7-12H2,1-2H3. The largest absolute Gasteiger partial charge is 0.306 e. The van der Waals surface area contributed by atoms with Gasteiger partial charge in [0.15, 0.2) is 5.78 Å². The number of nitrogens with zero attached hydrogens (tertiary/aromatic N) is 2. The third-order valence-electron chi connectivity index (χ3n) is 3.85. The van der Waals surface area contributed by atoms with Crippen molar-refractivity contribution in [3.8, 4) is 0 Å². The number of carbonyl (C=O) groups is 1. The van der Waals surface area contributed by atoms with Gasteiger partial charge in [0.2, 0.25) is 0 Å². The van der Waals surface area contributed by atoms with E-state index in [4.69, 9.17) is 0 Å². The zero-order chi connectivity index (χ0) is 14.5. The van der Waals surface area contributed by atoms with Gasteiger partial charge in [0, 0.05) is 19.5 Å². The molecule has 1 aromatic rings. The van der Waals surface area contributed by atoms with E-state index in [1.165, 1.54) is 12.5 Å². The summed E-state index contributed by atoms with van der Waals surface area (Å²) in [5.74, 6) is 0.427. The van der Waals surface area contributed by atoms with Gasteiger partial charge in [0.05, 0.1) is 6.54 Å². The molecule has 0 radical (unpaired) electrons. The molecule has 0 aromatic heterocycles. The zero-order valence-corrected chi connectivity index (χ0v) is 12.3. The molecule has 1 aliphatic heterocycles. The van der Waals surface area contributed by atoms with E-state index in [-0.39, 0.29) is 18.0 Å². The fraction of sp³-hybridized carbons (Fsp3) is 0.562. The van der Waals surface area contributed by atoms with Crippen LogP contribution in [0.4, 0.5) is 4.39 Å². The highest BCUT2D eigenvalue weighted by molar-refractivity contribution is 5.82. The molecule has 0 amide bonds. The maximum atomic E-state index is 13.5. The third kappa shape index (κ3) is 4.39. The van der Waals surface area contributed by atoms with E-state index in [2.05, 4.69) is 16.8 Å². The molecule has 1 fully saturated rings. The molecule has 0 saturated carbocycles. The number of carbonyl (C=O) groups excluding carboxylic acids is 1. The van der Waals surface area contributed by atoms with Crippen LogP contribution in [0, 0.1) is 11.7 Å². The number of Topliss-reactive ketones (excluding diaryl/α,β-unsaturated/α-hetero) is 1. The molecule has 2 rings (SSSR count). The minimum atomic E-state index is -0.291. The second-order valence-corrected chi connectivity index (χ2v) is 5.92. The van der Waals surface area contributed by atoms with Gasteiger partial charge in [-0.3, -0.25) is 9.69 Å². The lowest BCUT2D eigenvalue weighted by atomic mass is 10.1. The van der Waals surface area contributed by atoms with Gasteiger partial charge in [-0.15, -0.1) is 0 Å². The van der Waals surface area contributed by atoms with Crippen LogP contribution in [0.5, 0.6) is 0 Å². The van der Waals surface area contributed by atoms with Crippen molar-refractivity contribution in [3.63, 3.8) is 0 Å². The Morgan fingerprint density at radius 2 is 2.20 bits per heavy atom. The van der Waals surface area contributed by atoms with E-state index in [0.717, 1.165) is 19.6 Å². The number of rotatable bonds is 6. The maximum Gasteiger partial charge on any atom is 0.151 e. The number of likely N-dealkylation sites (N-methyl/N-ethyl adjacent to an activating group) is 1. The second kappa shape index (κ2) is 6.95. The average molecular weight is 278 g/mol. The van der Waals surface area contributed by atoms with Crippen molar-refractivity contribution in [3.05, 3.63) is 35.6 Å². The Morgan fingerprint density at radius 3 is 2.85 bits per heavy atom. The molecule has 1 heterocycles. The first kappa shape index (κ1) is 15.1. The van der Waals surface area contributed by atoms with Crippen LogP contribution in [0.25, 0.3) is 0 Å². The number of halogens is 1. The van der Waals surface area contributed by atoms with Gasteiger partial charge in [-0.1, -0.05) is 18.2 Å². The first-order valence-electron chi connectivity index (χ1n) is 7.17. The molecule has 0 aliphatic carbocycles. The van der Waals surface area contributed by atoms with E-state index >= 15 is 0 Å². The van der Waals surface area contributed by atoms with E-state index in [1.807, 2.05) is 7.05 Å². The topological polar surface area (TPSA) is 23.6 Å². The van der Waals surface area contributed by atoms with Crippen LogP contribution >= 0.6 is 0 Å². The smallest absolute Gasteiger partial charge is 0.151 e. The number of ketones is 1. The van der Waals surface area contributed by atoms with Crippen molar-refractivity contribution in [1.82, 2.24) is 9.80 Å². The molecular weight excluding hydrogens is 255 g/mol. The summed E-state index contributed by atoms with van der Waals surface area (Å²) in [6, 6.07) is 6.50. The molecule has 0 bridgehead atoms. The quantitative estimate of drug-likeness (QED) is 0.793. The molecule has 1 saturated heterocycles. The number of hydrogen-bond acceptors (Lipinski definition) is 3. The van der Waals surface area contributed by atoms with Crippen molar-refractivity contribution in [2.45, 2.75) is 12.8 Å².